The lowest BCUT2D eigenvalue weighted by atomic mass is 9.96. The van der Waals surface area contributed by atoms with Gasteiger partial charge in [0.05, 0.1) is 0 Å². The molecule has 13 heavy (non-hydrogen) atoms. The van der Waals surface area contributed by atoms with Crippen molar-refractivity contribution in [3.8, 4) is 0 Å². The molecule has 0 amide bonds. The van der Waals surface area contributed by atoms with Crippen molar-refractivity contribution < 1.29 is 0 Å². The van der Waals surface area contributed by atoms with E-state index in [9.17, 15) is 0 Å². The van der Waals surface area contributed by atoms with Crippen molar-refractivity contribution in [1.82, 2.24) is 0 Å². The van der Waals surface area contributed by atoms with E-state index in [1.165, 1.54) is 22.3 Å². The Labute approximate surface area is 76.8 Å². The molecule has 0 saturated carbocycles. The van der Waals surface area contributed by atoms with E-state index in [-0.39, 0.29) is 0 Å². The third-order valence-corrected chi connectivity index (χ3v) is 2.75. The highest BCUT2D eigenvalue weighted by Crippen LogP contribution is 2.41. The number of aliphatic imine (C=N–C) groups is 1. The molecule has 0 aromatic rings. The van der Waals surface area contributed by atoms with Crippen LogP contribution in [0.4, 0.5) is 0 Å². The Morgan fingerprint density at radius 2 is 2.15 bits per heavy atom. The van der Waals surface area contributed by atoms with Gasteiger partial charge in [-0.15, -0.1) is 0 Å². The van der Waals surface area contributed by atoms with Crippen LogP contribution in [0.25, 0.3) is 0 Å². The summed E-state index contributed by atoms with van der Waals surface area (Å²) in [5, 5.41) is 0. The van der Waals surface area contributed by atoms with E-state index in [1.54, 1.807) is 0 Å². The molecular formula is C11H10N2. The molecule has 2 bridgehead atoms. The third kappa shape index (κ3) is 0.856. The Bertz CT molecular complexity index is 431. The van der Waals surface area contributed by atoms with Gasteiger partial charge in [-0.25, -0.2) is 0 Å². The molecule has 0 fully saturated rings. The summed E-state index contributed by atoms with van der Waals surface area (Å²) in [6.07, 6.45) is 9.97. The van der Waals surface area contributed by atoms with E-state index >= 15 is 0 Å². The number of allylic oxidation sites excluding steroid dienone is 6. The summed E-state index contributed by atoms with van der Waals surface area (Å²) < 4.78 is 0. The summed E-state index contributed by atoms with van der Waals surface area (Å²) in [4.78, 5) is 4.20. The first kappa shape index (κ1) is 6.89. The number of rotatable bonds is 0. The maximum absolute atomic E-state index is 5.79. The second-order valence-electron chi connectivity index (χ2n) is 3.61. The Balaban J connectivity index is 2.22. The molecule has 2 nitrogen and oxygen atoms in total. The fourth-order valence-corrected chi connectivity index (χ4v) is 2.10. The van der Waals surface area contributed by atoms with Crippen LogP contribution >= 0.6 is 0 Å². The molecule has 64 valence electrons. The lowest BCUT2D eigenvalue weighted by molar-refractivity contribution is 1.08. The monoisotopic (exact) mass is 170 g/mol. The van der Waals surface area contributed by atoms with E-state index in [0.29, 0.717) is 0 Å². The lowest BCUT2D eigenvalue weighted by Gasteiger charge is -2.11. The van der Waals surface area contributed by atoms with Gasteiger partial charge in [0.25, 0.3) is 0 Å². The zero-order valence-corrected chi connectivity index (χ0v) is 7.25. The molecular weight excluding hydrogens is 160 g/mol. The molecule has 0 radical (unpaired) electrons. The van der Waals surface area contributed by atoms with Crippen LogP contribution in [0.1, 0.15) is 12.8 Å². The Morgan fingerprint density at radius 1 is 1.23 bits per heavy atom. The van der Waals surface area contributed by atoms with Gasteiger partial charge < -0.3 is 5.73 Å². The van der Waals surface area contributed by atoms with Crippen LogP contribution in [0.5, 0.6) is 0 Å². The molecule has 3 rings (SSSR count). The minimum Gasteiger partial charge on any atom is -0.402 e. The summed E-state index contributed by atoms with van der Waals surface area (Å²) in [7, 11) is 0. The van der Waals surface area contributed by atoms with E-state index < -0.39 is 0 Å². The SMILES string of the molecule is NC1=CC=C2C3=CN=CC(=C2C1)C3. The molecule has 1 aliphatic heterocycles. The molecule has 2 heteroatoms. The number of nitrogens with zero attached hydrogens (tertiary/aromatic N) is 1. The van der Waals surface area contributed by atoms with Crippen LogP contribution in [0.2, 0.25) is 0 Å². The number of nitrogens with two attached hydrogens (primary N) is 1. The van der Waals surface area contributed by atoms with Crippen LogP contribution in [-0.4, -0.2) is 6.21 Å². The first-order valence-corrected chi connectivity index (χ1v) is 4.46. The highest BCUT2D eigenvalue weighted by atomic mass is 14.7. The fourth-order valence-electron chi connectivity index (χ4n) is 2.10. The van der Waals surface area contributed by atoms with Crippen molar-refractivity contribution in [2.24, 2.45) is 10.7 Å². The normalized spacial score (nSPS) is 23.8. The zero-order valence-electron chi connectivity index (χ0n) is 7.25. The molecule has 0 aromatic heterocycles. The van der Waals surface area contributed by atoms with Gasteiger partial charge in [-0.2, -0.15) is 0 Å². The van der Waals surface area contributed by atoms with Gasteiger partial charge >= 0.3 is 0 Å². The molecule has 2 aliphatic carbocycles. The standard InChI is InChI=1S/C11H10N2/c12-9-1-2-10-7-3-8(6-13-5-7)11(10)4-9/h1-2,5-6H,3-4,12H2. The maximum atomic E-state index is 5.79. The van der Waals surface area contributed by atoms with Crippen molar-refractivity contribution in [2.45, 2.75) is 12.8 Å². The van der Waals surface area contributed by atoms with Gasteiger partial charge in [-0.05, 0) is 28.4 Å². The summed E-state index contributed by atoms with van der Waals surface area (Å²) in [6.45, 7) is 0. The highest BCUT2D eigenvalue weighted by molar-refractivity contribution is 5.88. The van der Waals surface area contributed by atoms with Crippen molar-refractivity contribution in [2.75, 3.05) is 0 Å². The smallest absolute Gasteiger partial charge is 0.0309 e. The van der Waals surface area contributed by atoms with Crippen LogP contribution < -0.4 is 5.73 Å². The van der Waals surface area contributed by atoms with Crippen LogP contribution in [0.15, 0.2) is 51.3 Å². The van der Waals surface area contributed by atoms with Gasteiger partial charge in [0.15, 0.2) is 0 Å². The minimum absolute atomic E-state index is 0.893. The molecule has 0 saturated heterocycles. The first-order valence-electron chi connectivity index (χ1n) is 4.46. The lowest BCUT2D eigenvalue weighted by Crippen LogP contribution is -2.03. The fraction of sp³-hybridized carbons (Fsp3) is 0.182. The first-order chi connectivity index (χ1) is 6.34. The van der Waals surface area contributed by atoms with Crippen LogP contribution in [0, 0.1) is 0 Å². The predicted octanol–water partition coefficient (Wildman–Crippen LogP) is 1.83. The van der Waals surface area contributed by atoms with E-state index in [4.69, 9.17) is 5.73 Å². The van der Waals surface area contributed by atoms with Gasteiger partial charge in [-0.3, -0.25) is 4.99 Å². The molecule has 3 aliphatic rings. The summed E-state index contributed by atoms with van der Waals surface area (Å²) in [6, 6.07) is 0. The Hall–Kier alpha value is -1.57. The largest absolute Gasteiger partial charge is 0.402 e. The number of hydrogen-bond acceptors (Lipinski definition) is 2. The number of hydrogen-bond donors (Lipinski definition) is 1. The topological polar surface area (TPSA) is 38.4 Å². The van der Waals surface area contributed by atoms with Crippen molar-refractivity contribution in [3.05, 3.63) is 46.3 Å². The van der Waals surface area contributed by atoms with Crippen LogP contribution in [-0.2, 0) is 0 Å². The van der Waals surface area contributed by atoms with E-state index in [2.05, 4.69) is 11.1 Å². The van der Waals surface area contributed by atoms with E-state index in [0.717, 1.165) is 18.5 Å². The second kappa shape index (κ2) is 2.22. The predicted molar refractivity (Wildman–Crippen MR) is 53.2 cm³/mol. The molecule has 0 spiro atoms. The second-order valence-corrected chi connectivity index (χ2v) is 3.61. The third-order valence-electron chi connectivity index (χ3n) is 2.75. The highest BCUT2D eigenvalue weighted by Gasteiger charge is 2.26. The molecule has 2 N–H and O–H groups in total. The summed E-state index contributed by atoms with van der Waals surface area (Å²) in [5.41, 5.74) is 12.2. The minimum atomic E-state index is 0.893. The van der Waals surface area contributed by atoms with Crippen LogP contribution in [0.3, 0.4) is 0 Å². The average molecular weight is 170 g/mol. The summed E-state index contributed by atoms with van der Waals surface area (Å²) >= 11 is 0. The van der Waals surface area contributed by atoms with Gasteiger partial charge in [0, 0.05) is 31.0 Å². The Kier molecular flexibility index (Phi) is 1.18. The quantitative estimate of drug-likeness (QED) is 0.591. The van der Waals surface area contributed by atoms with Crippen molar-refractivity contribution in [3.63, 3.8) is 0 Å². The Morgan fingerprint density at radius 3 is 3.08 bits per heavy atom. The number of fused-ring (bicyclic) bond motifs is 4. The van der Waals surface area contributed by atoms with Gasteiger partial charge in [-0.1, -0.05) is 6.08 Å². The molecule has 0 atom stereocenters. The van der Waals surface area contributed by atoms with Crippen molar-refractivity contribution in [1.29, 1.82) is 0 Å². The zero-order chi connectivity index (χ0) is 8.84. The van der Waals surface area contributed by atoms with Crippen molar-refractivity contribution >= 4 is 6.21 Å². The van der Waals surface area contributed by atoms with Gasteiger partial charge in [0.2, 0.25) is 0 Å². The van der Waals surface area contributed by atoms with E-state index in [1.807, 2.05) is 18.5 Å². The maximum Gasteiger partial charge on any atom is 0.0309 e. The molecule has 0 unspecified atom stereocenters. The molecule has 0 aromatic carbocycles. The summed E-state index contributed by atoms with van der Waals surface area (Å²) in [5.74, 6) is 0. The van der Waals surface area contributed by atoms with Gasteiger partial charge in [0.1, 0.15) is 0 Å². The molecule has 1 heterocycles. The average Bonchev–Trinajstić information content (AvgIpc) is 2.39.